The van der Waals surface area contributed by atoms with E-state index in [0.29, 0.717) is 27.6 Å². The molecule has 0 aromatic rings. The summed E-state index contributed by atoms with van der Waals surface area (Å²) in [7, 11) is 0. The number of carbonyl (C=O) groups excluding carboxylic acids is 1. The monoisotopic (exact) mass is 470 g/mol. The van der Waals surface area contributed by atoms with Gasteiger partial charge in [-0.05, 0) is 121 Å². The number of rotatable bonds is 2. The zero-order valence-electron chi connectivity index (χ0n) is 23.9. The summed E-state index contributed by atoms with van der Waals surface area (Å²) in [5.74, 6) is 4.96. The second-order valence-electron chi connectivity index (χ2n) is 15.8. The van der Waals surface area contributed by atoms with Crippen molar-refractivity contribution in [1.82, 2.24) is 0 Å². The van der Waals surface area contributed by atoms with Crippen LogP contribution in [0.5, 0.6) is 0 Å². The Hall–Kier alpha value is -0.530. The molecule has 2 nitrogen and oxygen atoms in total. The van der Waals surface area contributed by atoms with Crippen molar-refractivity contribution in [2.45, 2.75) is 133 Å². The van der Waals surface area contributed by atoms with Gasteiger partial charge in [0, 0.05) is 12.3 Å². The molecular formula is C32H54O2. The topological polar surface area (TPSA) is 26.3 Å². The fraction of sp³-hybridized carbons (Fsp3) is 0.969. The number of carbonyl (C=O) groups is 1. The standard InChI is InChI=1S/C32H54O2/c1-20(2)22-12-15-29(6)18-19-31(8)23(27(22)29)10-11-25-30(7)16-14-26(34-21(3)33)28(4,5)24(30)13-17-32(25,31)9/h20,22-27H,10-19H2,1-9H3/t22-,23+,24-,25+,26+,27+,29+,30-,31+,32+/m0/s1. The van der Waals surface area contributed by atoms with E-state index in [2.05, 4.69) is 55.4 Å². The molecule has 0 spiro atoms. The lowest BCUT2D eigenvalue weighted by Crippen LogP contribution is -2.66. The minimum atomic E-state index is -0.100. The molecule has 5 rings (SSSR count). The Kier molecular flexibility index (Phi) is 5.72. The molecule has 0 aromatic heterocycles. The average Bonchev–Trinajstić information content (AvgIpc) is 3.08. The Bertz CT molecular complexity index is 829. The smallest absolute Gasteiger partial charge is 0.302 e. The molecule has 0 amide bonds. The van der Waals surface area contributed by atoms with Crippen LogP contribution in [-0.4, -0.2) is 12.1 Å². The first-order valence-corrected chi connectivity index (χ1v) is 14.9. The second kappa shape index (κ2) is 7.74. The molecule has 5 aliphatic rings. The molecule has 0 radical (unpaired) electrons. The molecule has 2 heteroatoms. The van der Waals surface area contributed by atoms with Gasteiger partial charge in [0.1, 0.15) is 6.10 Å². The zero-order chi connectivity index (χ0) is 24.9. The molecule has 0 saturated heterocycles. The zero-order valence-corrected chi connectivity index (χ0v) is 23.9. The third kappa shape index (κ3) is 3.14. The van der Waals surface area contributed by atoms with Gasteiger partial charge < -0.3 is 4.74 Å². The van der Waals surface area contributed by atoms with Crippen LogP contribution in [0.15, 0.2) is 0 Å². The van der Waals surface area contributed by atoms with Crippen molar-refractivity contribution >= 4 is 5.97 Å². The maximum absolute atomic E-state index is 11.9. The Morgan fingerprint density at radius 1 is 0.765 bits per heavy atom. The van der Waals surface area contributed by atoms with Gasteiger partial charge >= 0.3 is 5.97 Å². The van der Waals surface area contributed by atoms with Gasteiger partial charge in [-0.2, -0.15) is 0 Å². The Morgan fingerprint density at radius 3 is 2.12 bits per heavy atom. The maximum atomic E-state index is 11.9. The molecule has 5 aliphatic carbocycles. The molecule has 0 N–H and O–H groups in total. The molecule has 194 valence electrons. The summed E-state index contributed by atoms with van der Waals surface area (Å²) in [5, 5.41) is 0. The number of fused-ring (bicyclic) bond motifs is 7. The van der Waals surface area contributed by atoms with Crippen molar-refractivity contribution in [3.8, 4) is 0 Å². The predicted octanol–water partition coefficient (Wildman–Crippen LogP) is 8.68. The van der Waals surface area contributed by atoms with Gasteiger partial charge in [0.25, 0.3) is 0 Å². The van der Waals surface area contributed by atoms with Gasteiger partial charge in [-0.25, -0.2) is 0 Å². The number of hydrogen-bond acceptors (Lipinski definition) is 2. The van der Waals surface area contributed by atoms with Crippen LogP contribution in [0.25, 0.3) is 0 Å². The quantitative estimate of drug-likeness (QED) is 0.377. The molecule has 5 saturated carbocycles. The van der Waals surface area contributed by atoms with Gasteiger partial charge in [-0.3, -0.25) is 4.79 Å². The Balaban J connectivity index is 1.49. The molecule has 0 aromatic carbocycles. The van der Waals surface area contributed by atoms with Gasteiger partial charge in [-0.15, -0.1) is 0 Å². The normalized spacial score (nSPS) is 53.9. The van der Waals surface area contributed by atoms with Crippen LogP contribution < -0.4 is 0 Å². The first-order chi connectivity index (χ1) is 15.7. The summed E-state index contributed by atoms with van der Waals surface area (Å²) in [6.07, 6.45) is 13.8. The molecule has 0 aliphatic heterocycles. The van der Waals surface area contributed by atoms with E-state index in [9.17, 15) is 4.79 Å². The van der Waals surface area contributed by atoms with E-state index in [-0.39, 0.29) is 17.5 Å². The summed E-state index contributed by atoms with van der Waals surface area (Å²) in [5.41, 5.74) is 1.94. The van der Waals surface area contributed by atoms with Gasteiger partial charge in [-0.1, -0.05) is 55.4 Å². The van der Waals surface area contributed by atoms with E-state index < -0.39 is 0 Å². The molecule has 10 atom stereocenters. The van der Waals surface area contributed by atoms with Crippen molar-refractivity contribution in [2.75, 3.05) is 0 Å². The minimum Gasteiger partial charge on any atom is -0.462 e. The fourth-order valence-corrected chi connectivity index (χ4v) is 12.1. The van der Waals surface area contributed by atoms with E-state index in [1.807, 2.05) is 0 Å². The predicted molar refractivity (Wildman–Crippen MR) is 140 cm³/mol. The largest absolute Gasteiger partial charge is 0.462 e. The minimum absolute atomic E-state index is 0.0665. The van der Waals surface area contributed by atoms with Crippen molar-refractivity contribution < 1.29 is 9.53 Å². The lowest BCUT2D eigenvalue weighted by atomic mass is 9.32. The Labute approximate surface area is 210 Å². The van der Waals surface area contributed by atoms with E-state index in [4.69, 9.17) is 4.74 Å². The summed E-state index contributed by atoms with van der Waals surface area (Å²) < 4.78 is 5.92. The van der Waals surface area contributed by atoms with Crippen LogP contribution in [0.2, 0.25) is 0 Å². The highest BCUT2D eigenvalue weighted by atomic mass is 16.5. The summed E-state index contributed by atoms with van der Waals surface area (Å²) in [6.45, 7) is 22.3. The van der Waals surface area contributed by atoms with Crippen LogP contribution >= 0.6 is 0 Å². The summed E-state index contributed by atoms with van der Waals surface area (Å²) in [6, 6.07) is 0. The van der Waals surface area contributed by atoms with Crippen molar-refractivity contribution in [3.63, 3.8) is 0 Å². The number of ether oxygens (including phenoxy) is 1. The van der Waals surface area contributed by atoms with Crippen molar-refractivity contribution in [3.05, 3.63) is 0 Å². The van der Waals surface area contributed by atoms with E-state index in [0.717, 1.165) is 36.0 Å². The molecular weight excluding hydrogens is 416 g/mol. The summed E-state index contributed by atoms with van der Waals surface area (Å²) in [4.78, 5) is 11.9. The average molecular weight is 471 g/mol. The van der Waals surface area contributed by atoms with Crippen LogP contribution in [0.4, 0.5) is 0 Å². The third-order valence-corrected chi connectivity index (χ3v) is 14.0. The molecule has 34 heavy (non-hydrogen) atoms. The summed E-state index contributed by atoms with van der Waals surface area (Å²) >= 11 is 0. The highest BCUT2D eigenvalue weighted by Gasteiger charge is 2.70. The van der Waals surface area contributed by atoms with Crippen LogP contribution in [-0.2, 0) is 9.53 Å². The van der Waals surface area contributed by atoms with Crippen molar-refractivity contribution in [2.24, 2.45) is 62.6 Å². The van der Waals surface area contributed by atoms with E-state index in [1.165, 1.54) is 57.8 Å². The first-order valence-electron chi connectivity index (χ1n) is 14.9. The number of hydrogen-bond donors (Lipinski definition) is 0. The Morgan fingerprint density at radius 2 is 1.47 bits per heavy atom. The lowest BCUT2D eigenvalue weighted by molar-refractivity contribution is -0.250. The van der Waals surface area contributed by atoms with Crippen LogP contribution in [0.3, 0.4) is 0 Å². The highest BCUT2D eigenvalue weighted by Crippen LogP contribution is 2.77. The van der Waals surface area contributed by atoms with Gasteiger partial charge in [0.05, 0.1) is 0 Å². The first kappa shape index (κ1) is 25.1. The maximum Gasteiger partial charge on any atom is 0.302 e. The molecule has 5 fully saturated rings. The van der Waals surface area contributed by atoms with Gasteiger partial charge in [0.15, 0.2) is 0 Å². The molecule has 0 bridgehead atoms. The fourth-order valence-electron chi connectivity index (χ4n) is 12.1. The molecule has 0 heterocycles. The number of esters is 1. The third-order valence-electron chi connectivity index (χ3n) is 14.0. The van der Waals surface area contributed by atoms with Crippen molar-refractivity contribution in [1.29, 1.82) is 0 Å². The van der Waals surface area contributed by atoms with Crippen LogP contribution in [0.1, 0.15) is 127 Å². The van der Waals surface area contributed by atoms with E-state index in [1.54, 1.807) is 6.92 Å². The highest BCUT2D eigenvalue weighted by molar-refractivity contribution is 5.66. The molecule has 0 unspecified atom stereocenters. The van der Waals surface area contributed by atoms with Gasteiger partial charge in [0.2, 0.25) is 0 Å². The lowest BCUT2D eigenvalue weighted by Gasteiger charge is -2.73. The van der Waals surface area contributed by atoms with E-state index >= 15 is 0 Å². The SMILES string of the molecule is CC(=O)O[C@@H]1CC[C@]2(C)[C@H]3CC[C@@H]4[C@H]5[C@H](C(C)C)CC[C@]5(C)CC[C@@]4(C)[C@]3(C)CC[C@H]2C1(C)C. The van der Waals surface area contributed by atoms with Crippen LogP contribution in [0, 0.1) is 62.6 Å². The second-order valence-corrected chi connectivity index (χ2v) is 15.8.